The second-order valence-electron chi connectivity index (χ2n) is 5.55. The SMILES string of the molecule is CC(=O)Nc1cccc(Nc2ccc(CC(=O)N(C)C)cc2)c1. The van der Waals surface area contributed by atoms with Crippen molar-refractivity contribution in [2.45, 2.75) is 13.3 Å². The van der Waals surface area contributed by atoms with Gasteiger partial charge < -0.3 is 15.5 Å². The minimum Gasteiger partial charge on any atom is -0.355 e. The highest BCUT2D eigenvalue weighted by atomic mass is 16.2. The van der Waals surface area contributed by atoms with Gasteiger partial charge in [-0.25, -0.2) is 0 Å². The minimum absolute atomic E-state index is 0.0775. The third kappa shape index (κ3) is 5.14. The quantitative estimate of drug-likeness (QED) is 0.892. The number of hydrogen-bond donors (Lipinski definition) is 2. The fraction of sp³-hybridized carbons (Fsp3) is 0.222. The molecule has 0 radical (unpaired) electrons. The summed E-state index contributed by atoms with van der Waals surface area (Å²) in [6.07, 6.45) is 0.394. The summed E-state index contributed by atoms with van der Waals surface area (Å²) in [7, 11) is 3.50. The van der Waals surface area contributed by atoms with Crippen LogP contribution in [0.2, 0.25) is 0 Å². The standard InChI is InChI=1S/C18H21N3O2/c1-13(22)19-16-5-4-6-17(12-16)20-15-9-7-14(8-10-15)11-18(23)21(2)3/h4-10,12,20H,11H2,1-3H3,(H,19,22). The van der Waals surface area contributed by atoms with E-state index in [1.54, 1.807) is 19.0 Å². The van der Waals surface area contributed by atoms with Crippen molar-refractivity contribution in [2.75, 3.05) is 24.7 Å². The number of rotatable bonds is 5. The van der Waals surface area contributed by atoms with Crippen molar-refractivity contribution in [3.63, 3.8) is 0 Å². The van der Waals surface area contributed by atoms with E-state index in [1.807, 2.05) is 48.5 Å². The van der Waals surface area contributed by atoms with E-state index in [1.165, 1.54) is 6.92 Å². The van der Waals surface area contributed by atoms with E-state index in [0.29, 0.717) is 6.42 Å². The Balaban J connectivity index is 2.03. The summed E-state index contributed by atoms with van der Waals surface area (Å²) < 4.78 is 0. The summed E-state index contributed by atoms with van der Waals surface area (Å²) in [4.78, 5) is 24.4. The largest absolute Gasteiger partial charge is 0.355 e. The van der Waals surface area contributed by atoms with Crippen molar-refractivity contribution in [3.05, 3.63) is 54.1 Å². The van der Waals surface area contributed by atoms with E-state index in [0.717, 1.165) is 22.6 Å². The number of carbonyl (C=O) groups is 2. The number of carbonyl (C=O) groups excluding carboxylic acids is 2. The molecule has 0 heterocycles. The predicted molar refractivity (Wildman–Crippen MR) is 92.9 cm³/mol. The molecular weight excluding hydrogens is 290 g/mol. The van der Waals surface area contributed by atoms with E-state index in [-0.39, 0.29) is 11.8 Å². The summed E-state index contributed by atoms with van der Waals surface area (Å²) in [6, 6.07) is 15.2. The fourth-order valence-electron chi connectivity index (χ4n) is 2.08. The first-order valence-electron chi connectivity index (χ1n) is 7.38. The van der Waals surface area contributed by atoms with Gasteiger partial charge in [0.2, 0.25) is 11.8 Å². The Hall–Kier alpha value is -2.82. The first kappa shape index (κ1) is 16.5. The van der Waals surface area contributed by atoms with Crippen molar-refractivity contribution in [2.24, 2.45) is 0 Å². The molecule has 5 heteroatoms. The van der Waals surface area contributed by atoms with Crippen LogP contribution in [0.5, 0.6) is 0 Å². The summed E-state index contributed by atoms with van der Waals surface area (Å²) in [6.45, 7) is 1.48. The normalized spacial score (nSPS) is 10.0. The number of nitrogens with zero attached hydrogens (tertiary/aromatic N) is 1. The highest BCUT2D eigenvalue weighted by Gasteiger charge is 2.05. The van der Waals surface area contributed by atoms with Gasteiger partial charge in [-0.2, -0.15) is 0 Å². The molecule has 2 aromatic carbocycles. The maximum Gasteiger partial charge on any atom is 0.226 e. The zero-order chi connectivity index (χ0) is 16.8. The van der Waals surface area contributed by atoms with Crippen molar-refractivity contribution in [1.82, 2.24) is 4.90 Å². The average Bonchev–Trinajstić information content (AvgIpc) is 2.49. The van der Waals surface area contributed by atoms with Crippen LogP contribution < -0.4 is 10.6 Å². The van der Waals surface area contributed by atoms with Gasteiger partial charge in [-0.15, -0.1) is 0 Å². The van der Waals surface area contributed by atoms with Crippen molar-refractivity contribution < 1.29 is 9.59 Å². The first-order valence-corrected chi connectivity index (χ1v) is 7.38. The van der Waals surface area contributed by atoms with Gasteiger partial charge in [-0.3, -0.25) is 9.59 Å². The van der Waals surface area contributed by atoms with Gasteiger partial charge in [0.05, 0.1) is 6.42 Å². The third-order valence-electron chi connectivity index (χ3n) is 3.28. The van der Waals surface area contributed by atoms with Gasteiger partial charge in [0.25, 0.3) is 0 Å². The Kier molecular flexibility index (Phi) is 5.36. The van der Waals surface area contributed by atoms with Crippen LogP contribution in [0, 0.1) is 0 Å². The molecule has 0 fully saturated rings. The van der Waals surface area contributed by atoms with Gasteiger partial charge in [0, 0.05) is 38.1 Å². The van der Waals surface area contributed by atoms with Gasteiger partial charge in [0.1, 0.15) is 0 Å². The second kappa shape index (κ2) is 7.45. The second-order valence-corrected chi connectivity index (χ2v) is 5.55. The van der Waals surface area contributed by atoms with Gasteiger partial charge >= 0.3 is 0 Å². The van der Waals surface area contributed by atoms with E-state index < -0.39 is 0 Å². The van der Waals surface area contributed by atoms with E-state index in [9.17, 15) is 9.59 Å². The third-order valence-corrected chi connectivity index (χ3v) is 3.28. The zero-order valence-electron chi connectivity index (χ0n) is 13.6. The van der Waals surface area contributed by atoms with Crippen LogP contribution in [-0.4, -0.2) is 30.8 Å². The van der Waals surface area contributed by atoms with Crippen LogP contribution in [0.4, 0.5) is 17.1 Å². The minimum atomic E-state index is -0.0999. The molecule has 2 N–H and O–H groups in total. The maximum atomic E-state index is 11.7. The number of nitrogens with one attached hydrogen (secondary N) is 2. The molecule has 0 saturated heterocycles. The zero-order valence-corrected chi connectivity index (χ0v) is 13.6. The number of hydrogen-bond acceptors (Lipinski definition) is 3. The Labute approximate surface area is 136 Å². The molecule has 2 rings (SSSR count). The molecule has 0 aromatic heterocycles. The molecule has 120 valence electrons. The molecule has 0 aliphatic carbocycles. The van der Waals surface area contributed by atoms with Crippen LogP contribution in [0.25, 0.3) is 0 Å². The Morgan fingerprint density at radius 3 is 2.22 bits per heavy atom. The number of anilines is 3. The maximum absolute atomic E-state index is 11.7. The highest BCUT2D eigenvalue weighted by Crippen LogP contribution is 2.20. The van der Waals surface area contributed by atoms with Crippen LogP contribution >= 0.6 is 0 Å². The summed E-state index contributed by atoms with van der Waals surface area (Å²) in [5, 5.41) is 6.03. The number of amides is 2. The lowest BCUT2D eigenvalue weighted by Crippen LogP contribution is -2.23. The van der Waals surface area contributed by atoms with Crippen molar-refractivity contribution >= 4 is 28.9 Å². The average molecular weight is 311 g/mol. The van der Waals surface area contributed by atoms with Gasteiger partial charge in [0.15, 0.2) is 0 Å². The van der Waals surface area contributed by atoms with Crippen LogP contribution in [0.1, 0.15) is 12.5 Å². The fourth-order valence-corrected chi connectivity index (χ4v) is 2.08. The van der Waals surface area contributed by atoms with E-state index in [4.69, 9.17) is 0 Å². The lowest BCUT2D eigenvalue weighted by Gasteiger charge is -2.11. The molecule has 0 aliphatic heterocycles. The molecule has 2 amide bonds. The smallest absolute Gasteiger partial charge is 0.226 e. The monoisotopic (exact) mass is 311 g/mol. The molecule has 0 saturated carbocycles. The van der Waals surface area contributed by atoms with Gasteiger partial charge in [-0.05, 0) is 35.9 Å². The van der Waals surface area contributed by atoms with Crippen LogP contribution in [0.15, 0.2) is 48.5 Å². The molecule has 0 atom stereocenters. The van der Waals surface area contributed by atoms with E-state index in [2.05, 4.69) is 10.6 Å². The summed E-state index contributed by atoms with van der Waals surface area (Å²) >= 11 is 0. The molecule has 0 bridgehead atoms. The van der Waals surface area contributed by atoms with Gasteiger partial charge in [-0.1, -0.05) is 18.2 Å². The highest BCUT2D eigenvalue weighted by molar-refractivity contribution is 5.89. The molecule has 0 spiro atoms. The van der Waals surface area contributed by atoms with Crippen LogP contribution in [0.3, 0.4) is 0 Å². The number of benzene rings is 2. The summed E-state index contributed by atoms with van der Waals surface area (Å²) in [5.41, 5.74) is 3.52. The lowest BCUT2D eigenvalue weighted by molar-refractivity contribution is -0.128. The molecule has 0 aliphatic rings. The van der Waals surface area contributed by atoms with Crippen molar-refractivity contribution in [3.8, 4) is 0 Å². The topological polar surface area (TPSA) is 61.4 Å². The Morgan fingerprint density at radius 2 is 1.61 bits per heavy atom. The molecule has 0 unspecified atom stereocenters. The summed E-state index contributed by atoms with van der Waals surface area (Å²) in [5.74, 6) is -0.0224. The van der Waals surface area contributed by atoms with Crippen molar-refractivity contribution in [1.29, 1.82) is 0 Å². The number of likely N-dealkylation sites (N-methyl/N-ethyl adjacent to an activating group) is 1. The molecule has 23 heavy (non-hydrogen) atoms. The predicted octanol–water partition coefficient (Wildman–Crippen LogP) is 3.02. The first-order chi connectivity index (χ1) is 10.9. The lowest BCUT2D eigenvalue weighted by atomic mass is 10.1. The Morgan fingerprint density at radius 1 is 0.957 bits per heavy atom. The Bertz CT molecular complexity index is 694. The van der Waals surface area contributed by atoms with Crippen LogP contribution in [-0.2, 0) is 16.0 Å². The molecular formula is C18H21N3O2. The molecule has 5 nitrogen and oxygen atoms in total. The molecule has 2 aromatic rings. The van der Waals surface area contributed by atoms with E-state index >= 15 is 0 Å².